The molecule has 0 aromatic heterocycles. The first-order valence-electron chi connectivity index (χ1n) is 16.1. The fourth-order valence-corrected chi connectivity index (χ4v) is 7.14. The van der Waals surface area contributed by atoms with Crippen molar-refractivity contribution in [3.63, 3.8) is 0 Å². The first-order valence-corrected chi connectivity index (χ1v) is 16.1. The molecule has 0 aromatic carbocycles. The summed E-state index contributed by atoms with van der Waals surface area (Å²) in [4.78, 5) is 27.3. The molecule has 3 N–H and O–H groups in total. The lowest BCUT2D eigenvalue weighted by atomic mass is 9.52. The SMILES string of the molecule is CCCCC(CC)CN(NC(N)=O)C(=O)C(CCC)(CC(CC)CCCC)C(CCC)(CCC)CCC. The van der Waals surface area contributed by atoms with Crippen LogP contribution in [0.1, 0.15) is 165 Å². The summed E-state index contributed by atoms with van der Waals surface area (Å²) in [6.07, 6.45) is 18.1. The van der Waals surface area contributed by atoms with Gasteiger partial charge >= 0.3 is 6.03 Å². The average Bonchev–Trinajstić information content (AvgIpc) is 2.87. The van der Waals surface area contributed by atoms with Crippen LogP contribution in [0.3, 0.4) is 0 Å². The van der Waals surface area contributed by atoms with E-state index in [0.717, 1.165) is 89.9 Å². The van der Waals surface area contributed by atoms with Crippen LogP contribution in [0.15, 0.2) is 0 Å². The molecule has 37 heavy (non-hydrogen) atoms. The molecule has 3 atom stereocenters. The molecule has 0 rings (SSSR count). The van der Waals surface area contributed by atoms with E-state index in [-0.39, 0.29) is 11.3 Å². The van der Waals surface area contributed by atoms with Crippen molar-refractivity contribution in [3.8, 4) is 0 Å². The number of nitrogens with one attached hydrogen (secondary N) is 1. The van der Waals surface area contributed by atoms with Crippen LogP contribution < -0.4 is 11.2 Å². The highest BCUT2D eigenvalue weighted by Gasteiger charge is 2.55. The highest BCUT2D eigenvalue weighted by atomic mass is 16.2. The Morgan fingerprint density at radius 1 is 0.703 bits per heavy atom. The summed E-state index contributed by atoms with van der Waals surface area (Å²) < 4.78 is 0. The zero-order valence-electron chi connectivity index (χ0n) is 26.2. The van der Waals surface area contributed by atoms with Gasteiger partial charge in [0.05, 0.1) is 5.41 Å². The fourth-order valence-electron chi connectivity index (χ4n) is 7.14. The summed E-state index contributed by atoms with van der Waals surface area (Å²) in [6.45, 7) is 18.5. The molecule has 0 heterocycles. The van der Waals surface area contributed by atoms with Crippen LogP contribution in [-0.2, 0) is 4.79 Å². The van der Waals surface area contributed by atoms with Crippen LogP contribution >= 0.6 is 0 Å². The summed E-state index contributed by atoms with van der Waals surface area (Å²) >= 11 is 0. The lowest BCUT2D eigenvalue weighted by Crippen LogP contribution is -2.60. The van der Waals surface area contributed by atoms with E-state index in [2.05, 4.69) is 60.8 Å². The molecule has 0 radical (unpaired) electrons. The third-order valence-corrected chi connectivity index (χ3v) is 8.94. The van der Waals surface area contributed by atoms with Crippen molar-refractivity contribution in [2.24, 2.45) is 28.4 Å². The second kappa shape index (κ2) is 19.8. The van der Waals surface area contributed by atoms with Crippen LogP contribution in [0.5, 0.6) is 0 Å². The number of carbonyl (C=O) groups excluding carboxylic acids is 2. The van der Waals surface area contributed by atoms with Crippen LogP contribution in [-0.4, -0.2) is 23.5 Å². The lowest BCUT2D eigenvalue weighted by Gasteiger charge is -2.53. The number of carbonyl (C=O) groups is 2. The number of primary amides is 1. The van der Waals surface area contributed by atoms with Gasteiger partial charge in [-0.25, -0.2) is 10.2 Å². The van der Waals surface area contributed by atoms with Crippen molar-refractivity contribution in [1.82, 2.24) is 10.4 Å². The average molecular weight is 524 g/mol. The Kier molecular flexibility index (Phi) is 19.1. The summed E-state index contributed by atoms with van der Waals surface area (Å²) in [5, 5.41) is 1.68. The molecule has 220 valence electrons. The number of hydrazine groups is 1. The maximum absolute atomic E-state index is 15.1. The Hall–Kier alpha value is -1.26. The topological polar surface area (TPSA) is 75.4 Å². The van der Waals surface area contributed by atoms with E-state index in [0.29, 0.717) is 18.4 Å². The highest BCUT2D eigenvalue weighted by Crippen LogP contribution is 2.57. The number of nitrogens with two attached hydrogens (primary N) is 1. The van der Waals surface area contributed by atoms with E-state index >= 15 is 4.79 Å². The van der Waals surface area contributed by atoms with E-state index in [1.165, 1.54) is 19.3 Å². The third-order valence-electron chi connectivity index (χ3n) is 8.94. The quantitative estimate of drug-likeness (QED) is 0.139. The third kappa shape index (κ3) is 10.8. The summed E-state index contributed by atoms with van der Waals surface area (Å²) in [6, 6.07) is -0.630. The minimum Gasteiger partial charge on any atom is -0.350 e. The molecule has 0 spiro atoms. The predicted molar refractivity (Wildman–Crippen MR) is 160 cm³/mol. The fraction of sp³-hybridized carbons (Fsp3) is 0.938. The van der Waals surface area contributed by atoms with Gasteiger partial charge in [0.25, 0.3) is 0 Å². The van der Waals surface area contributed by atoms with Gasteiger partial charge in [0.1, 0.15) is 0 Å². The van der Waals surface area contributed by atoms with E-state index in [9.17, 15) is 4.79 Å². The predicted octanol–water partition coefficient (Wildman–Crippen LogP) is 9.39. The maximum Gasteiger partial charge on any atom is 0.331 e. The van der Waals surface area contributed by atoms with E-state index in [1.54, 1.807) is 5.01 Å². The molecule has 5 nitrogen and oxygen atoms in total. The molecule has 0 saturated heterocycles. The summed E-state index contributed by atoms with van der Waals surface area (Å²) in [5.41, 5.74) is 7.97. The molecule has 0 aliphatic heterocycles. The van der Waals surface area contributed by atoms with Crippen LogP contribution in [0, 0.1) is 22.7 Å². The Balaban J connectivity index is 6.99. The van der Waals surface area contributed by atoms with Gasteiger partial charge in [-0.2, -0.15) is 0 Å². The molecular weight excluding hydrogens is 458 g/mol. The number of urea groups is 1. The smallest absolute Gasteiger partial charge is 0.331 e. The molecule has 0 bridgehead atoms. The Morgan fingerprint density at radius 3 is 1.54 bits per heavy atom. The van der Waals surface area contributed by atoms with Crippen LogP contribution in [0.25, 0.3) is 0 Å². The van der Waals surface area contributed by atoms with Crippen molar-refractivity contribution in [2.45, 2.75) is 165 Å². The van der Waals surface area contributed by atoms with Gasteiger partial charge < -0.3 is 5.73 Å². The van der Waals surface area contributed by atoms with Gasteiger partial charge in [-0.05, 0) is 55.8 Å². The molecule has 3 amide bonds. The Labute approximate surface area is 231 Å². The van der Waals surface area contributed by atoms with Gasteiger partial charge in [0.15, 0.2) is 0 Å². The number of hydrogen-bond acceptors (Lipinski definition) is 2. The monoisotopic (exact) mass is 524 g/mol. The molecule has 0 aliphatic carbocycles. The minimum absolute atomic E-state index is 0.0688. The number of unbranched alkanes of at least 4 members (excludes halogenated alkanes) is 2. The van der Waals surface area contributed by atoms with Gasteiger partial charge in [0, 0.05) is 6.54 Å². The van der Waals surface area contributed by atoms with Crippen molar-refractivity contribution in [1.29, 1.82) is 0 Å². The Morgan fingerprint density at radius 2 is 1.16 bits per heavy atom. The maximum atomic E-state index is 15.1. The number of amides is 3. The minimum atomic E-state index is -0.630. The van der Waals surface area contributed by atoms with Crippen molar-refractivity contribution >= 4 is 11.9 Å². The highest BCUT2D eigenvalue weighted by molar-refractivity contribution is 5.86. The van der Waals surface area contributed by atoms with Crippen molar-refractivity contribution in [2.75, 3.05) is 6.54 Å². The molecule has 0 fully saturated rings. The molecule has 0 aromatic rings. The second-order valence-corrected chi connectivity index (χ2v) is 11.8. The van der Waals surface area contributed by atoms with E-state index < -0.39 is 11.4 Å². The number of nitrogens with zero attached hydrogens (tertiary/aromatic N) is 1. The largest absolute Gasteiger partial charge is 0.350 e. The zero-order chi connectivity index (χ0) is 28.3. The van der Waals surface area contributed by atoms with Crippen molar-refractivity contribution < 1.29 is 9.59 Å². The van der Waals surface area contributed by atoms with Gasteiger partial charge in [-0.3, -0.25) is 9.80 Å². The van der Waals surface area contributed by atoms with Crippen molar-refractivity contribution in [3.05, 3.63) is 0 Å². The van der Waals surface area contributed by atoms with Gasteiger partial charge in [-0.1, -0.05) is 126 Å². The van der Waals surface area contributed by atoms with E-state index in [1.807, 2.05) is 0 Å². The second-order valence-electron chi connectivity index (χ2n) is 11.8. The van der Waals surface area contributed by atoms with Crippen LogP contribution in [0.4, 0.5) is 4.79 Å². The standard InChI is InChI=1S/C32H65N3O2/c1-9-17-19-27(15-7)25-32(24-14-6,31(21-11-3,22-12-4)23-13-5)29(36)35(34-30(33)37)26-28(16-8)20-18-10-2/h27-28H,9-26H2,1-8H3,(H3,33,34,37). The number of rotatable bonds is 22. The van der Waals surface area contributed by atoms with Crippen LogP contribution in [0.2, 0.25) is 0 Å². The zero-order valence-corrected chi connectivity index (χ0v) is 26.2. The molecule has 0 saturated carbocycles. The molecular formula is C32H65N3O2. The summed E-state index contributed by atoms with van der Waals surface area (Å²) in [7, 11) is 0. The summed E-state index contributed by atoms with van der Waals surface area (Å²) in [5.74, 6) is 1.00. The van der Waals surface area contributed by atoms with Gasteiger partial charge in [-0.15, -0.1) is 0 Å². The number of hydrogen-bond donors (Lipinski definition) is 2. The molecule has 5 heteroatoms. The normalized spacial score (nSPS) is 15.1. The van der Waals surface area contributed by atoms with Gasteiger partial charge in [0.2, 0.25) is 5.91 Å². The molecule has 0 aliphatic rings. The first kappa shape index (κ1) is 35.7. The Bertz CT molecular complexity index is 592. The lowest BCUT2D eigenvalue weighted by molar-refractivity contribution is -0.161. The first-order chi connectivity index (χ1) is 17.7. The molecule has 3 unspecified atom stereocenters. The van der Waals surface area contributed by atoms with E-state index in [4.69, 9.17) is 5.73 Å².